The summed E-state index contributed by atoms with van der Waals surface area (Å²) in [6, 6.07) is 6.21. The summed E-state index contributed by atoms with van der Waals surface area (Å²) in [7, 11) is 1.68. The molecule has 1 rings (SSSR count). The minimum absolute atomic E-state index is 0.155. The van der Waals surface area contributed by atoms with Crippen molar-refractivity contribution in [2.24, 2.45) is 0 Å². The Bertz CT molecular complexity index is 386. The average Bonchev–Trinajstić information content (AvgIpc) is 2.28. The van der Waals surface area contributed by atoms with Crippen LogP contribution >= 0.6 is 0 Å². The van der Waals surface area contributed by atoms with Crippen LogP contribution in [0.4, 0.5) is 5.69 Å². The van der Waals surface area contributed by atoms with E-state index in [1.165, 1.54) is 5.56 Å². The van der Waals surface area contributed by atoms with E-state index < -0.39 is 0 Å². The Hall–Kier alpha value is -1.22. The molecule has 3 nitrogen and oxygen atoms in total. The Morgan fingerprint density at radius 1 is 1.33 bits per heavy atom. The molecule has 0 aliphatic carbocycles. The molecule has 0 spiro atoms. The molecule has 0 fully saturated rings. The first-order valence-corrected chi connectivity index (χ1v) is 6.46. The van der Waals surface area contributed by atoms with Crippen LogP contribution in [0.15, 0.2) is 18.2 Å². The summed E-state index contributed by atoms with van der Waals surface area (Å²) in [5.74, 6) is 1.32. The van der Waals surface area contributed by atoms with Crippen LogP contribution < -0.4 is 10.1 Å². The van der Waals surface area contributed by atoms with Crippen molar-refractivity contribution in [3.8, 4) is 5.75 Å². The molecule has 0 aliphatic rings. The fourth-order valence-electron chi connectivity index (χ4n) is 1.89. The molecule has 0 unspecified atom stereocenters. The van der Waals surface area contributed by atoms with E-state index in [0.717, 1.165) is 11.4 Å². The van der Waals surface area contributed by atoms with Gasteiger partial charge in [-0.2, -0.15) is 0 Å². The predicted molar refractivity (Wildman–Crippen MR) is 76.5 cm³/mol. The van der Waals surface area contributed by atoms with Crippen LogP contribution in [0.3, 0.4) is 0 Å². The molecule has 1 aromatic rings. The van der Waals surface area contributed by atoms with Crippen molar-refractivity contribution in [2.75, 3.05) is 19.0 Å². The number of benzene rings is 1. The van der Waals surface area contributed by atoms with Crippen molar-refractivity contribution in [1.82, 2.24) is 0 Å². The van der Waals surface area contributed by atoms with E-state index >= 15 is 0 Å². The van der Waals surface area contributed by atoms with Gasteiger partial charge in [-0.05, 0) is 43.9 Å². The van der Waals surface area contributed by atoms with Gasteiger partial charge in [0.1, 0.15) is 5.75 Å². The minimum atomic E-state index is -0.155. The van der Waals surface area contributed by atoms with Crippen molar-refractivity contribution < 1.29 is 9.84 Å². The summed E-state index contributed by atoms with van der Waals surface area (Å²) in [6.45, 7) is 8.66. The lowest BCUT2D eigenvalue weighted by atomic mass is 9.98. The summed E-state index contributed by atoms with van der Waals surface area (Å²) in [4.78, 5) is 0. The van der Waals surface area contributed by atoms with Gasteiger partial charge in [0.15, 0.2) is 0 Å². The molecule has 1 aromatic carbocycles. The van der Waals surface area contributed by atoms with E-state index in [2.05, 4.69) is 45.1 Å². The van der Waals surface area contributed by atoms with Gasteiger partial charge in [0, 0.05) is 12.1 Å². The number of hydrogen-bond donors (Lipinski definition) is 2. The first-order chi connectivity index (χ1) is 8.39. The number of anilines is 1. The van der Waals surface area contributed by atoms with Gasteiger partial charge in [-0.1, -0.05) is 19.9 Å². The number of aliphatic hydroxyl groups excluding tert-OH is 1. The summed E-state index contributed by atoms with van der Waals surface area (Å²) in [6.07, 6.45) is 0.696. The van der Waals surface area contributed by atoms with E-state index in [0.29, 0.717) is 12.3 Å². The highest BCUT2D eigenvalue weighted by atomic mass is 16.5. The molecule has 0 aromatic heterocycles. The molecule has 0 saturated heterocycles. The van der Waals surface area contributed by atoms with Gasteiger partial charge in [-0.3, -0.25) is 0 Å². The minimum Gasteiger partial charge on any atom is -0.495 e. The maximum absolute atomic E-state index is 9.08. The van der Waals surface area contributed by atoms with E-state index in [1.807, 2.05) is 6.07 Å². The molecular weight excluding hydrogens is 226 g/mol. The number of hydrogen-bond acceptors (Lipinski definition) is 3. The zero-order valence-corrected chi connectivity index (χ0v) is 12.1. The number of nitrogens with one attached hydrogen (secondary N) is 1. The fourth-order valence-corrected chi connectivity index (χ4v) is 1.89. The second kappa shape index (κ2) is 6.10. The van der Waals surface area contributed by atoms with Crippen LogP contribution in [0.2, 0.25) is 0 Å². The van der Waals surface area contributed by atoms with Crippen molar-refractivity contribution in [1.29, 1.82) is 0 Å². The highest BCUT2D eigenvalue weighted by Crippen LogP contribution is 2.31. The summed E-state index contributed by atoms with van der Waals surface area (Å²) in [5.41, 5.74) is 2.11. The molecule has 3 heteroatoms. The van der Waals surface area contributed by atoms with E-state index in [4.69, 9.17) is 9.84 Å². The quantitative estimate of drug-likeness (QED) is 0.814. The highest BCUT2D eigenvalue weighted by molar-refractivity contribution is 5.59. The SMILES string of the molecule is COc1ccc(C(C)C)cc1NC(C)(C)CCO. The second-order valence-electron chi connectivity index (χ2n) is 5.60. The lowest BCUT2D eigenvalue weighted by Crippen LogP contribution is -2.32. The maximum Gasteiger partial charge on any atom is 0.141 e. The number of aliphatic hydroxyl groups is 1. The second-order valence-corrected chi connectivity index (χ2v) is 5.60. The van der Waals surface area contributed by atoms with Gasteiger partial charge in [0.25, 0.3) is 0 Å². The molecule has 0 heterocycles. The van der Waals surface area contributed by atoms with E-state index in [9.17, 15) is 0 Å². The smallest absolute Gasteiger partial charge is 0.141 e. The maximum atomic E-state index is 9.08. The third-order valence-corrected chi connectivity index (χ3v) is 3.10. The number of rotatable bonds is 6. The van der Waals surface area contributed by atoms with Crippen LogP contribution in [-0.2, 0) is 0 Å². The first-order valence-electron chi connectivity index (χ1n) is 6.46. The molecule has 0 bridgehead atoms. The zero-order chi connectivity index (χ0) is 13.8. The monoisotopic (exact) mass is 251 g/mol. The molecule has 0 saturated carbocycles. The molecule has 2 N–H and O–H groups in total. The standard InChI is InChI=1S/C15H25NO2/c1-11(2)12-6-7-14(18-5)13(10-12)16-15(3,4)8-9-17/h6-7,10-11,16-17H,8-9H2,1-5H3. The third kappa shape index (κ3) is 3.91. The Labute approximate surface area is 110 Å². The lowest BCUT2D eigenvalue weighted by molar-refractivity contribution is 0.260. The van der Waals surface area contributed by atoms with Crippen molar-refractivity contribution in [3.05, 3.63) is 23.8 Å². The van der Waals surface area contributed by atoms with Gasteiger partial charge < -0.3 is 15.2 Å². The molecule has 0 amide bonds. The molecule has 0 aliphatic heterocycles. The molecule has 18 heavy (non-hydrogen) atoms. The summed E-state index contributed by atoms with van der Waals surface area (Å²) in [5, 5.41) is 12.5. The van der Waals surface area contributed by atoms with Gasteiger partial charge in [0.05, 0.1) is 12.8 Å². The normalized spacial score (nSPS) is 11.7. The number of methoxy groups -OCH3 is 1. The summed E-state index contributed by atoms with van der Waals surface area (Å²) >= 11 is 0. The molecule has 102 valence electrons. The zero-order valence-electron chi connectivity index (χ0n) is 12.1. The fraction of sp³-hybridized carbons (Fsp3) is 0.600. The van der Waals surface area contributed by atoms with Crippen LogP contribution in [0.25, 0.3) is 0 Å². The molecule has 0 atom stereocenters. The largest absolute Gasteiger partial charge is 0.495 e. The van der Waals surface area contributed by atoms with Gasteiger partial charge in [-0.15, -0.1) is 0 Å². The number of ether oxygens (including phenoxy) is 1. The van der Waals surface area contributed by atoms with Crippen LogP contribution in [0.5, 0.6) is 5.75 Å². The van der Waals surface area contributed by atoms with Crippen LogP contribution in [-0.4, -0.2) is 24.4 Å². The predicted octanol–water partition coefficient (Wildman–Crippen LogP) is 3.39. The van der Waals surface area contributed by atoms with Crippen molar-refractivity contribution >= 4 is 5.69 Å². The summed E-state index contributed by atoms with van der Waals surface area (Å²) < 4.78 is 5.38. The van der Waals surface area contributed by atoms with Crippen molar-refractivity contribution in [2.45, 2.75) is 45.6 Å². The molecular formula is C15H25NO2. The Morgan fingerprint density at radius 3 is 2.50 bits per heavy atom. The van der Waals surface area contributed by atoms with Crippen molar-refractivity contribution in [3.63, 3.8) is 0 Å². The highest BCUT2D eigenvalue weighted by Gasteiger charge is 2.19. The van der Waals surface area contributed by atoms with Gasteiger partial charge in [0.2, 0.25) is 0 Å². The van der Waals surface area contributed by atoms with Gasteiger partial charge in [-0.25, -0.2) is 0 Å². The van der Waals surface area contributed by atoms with E-state index in [-0.39, 0.29) is 12.1 Å². The molecule has 0 radical (unpaired) electrons. The Kier molecular flexibility index (Phi) is 5.03. The van der Waals surface area contributed by atoms with Gasteiger partial charge >= 0.3 is 0 Å². The third-order valence-electron chi connectivity index (χ3n) is 3.10. The Morgan fingerprint density at radius 2 is 2.00 bits per heavy atom. The van der Waals surface area contributed by atoms with E-state index in [1.54, 1.807) is 7.11 Å². The first kappa shape index (κ1) is 14.8. The average molecular weight is 251 g/mol. The van der Waals surface area contributed by atoms with Crippen LogP contribution in [0, 0.1) is 0 Å². The van der Waals surface area contributed by atoms with Crippen LogP contribution in [0.1, 0.15) is 45.6 Å². The lowest BCUT2D eigenvalue weighted by Gasteiger charge is -2.28. The Balaban J connectivity index is 3.01. The topological polar surface area (TPSA) is 41.5 Å².